The van der Waals surface area contributed by atoms with Gasteiger partial charge in [-0.25, -0.2) is 0 Å². The second kappa shape index (κ2) is 9.23. The van der Waals surface area contributed by atoms with Crippen molar-refractivity contribution in [3.8, 4) is 34.3 Å². The number of nitro groups is 1. The van der Waals surface area contributed by atoms with Gasteiger partial charge in [0.1, 0.15) is 11.4 Å². The lowest BCUT2D eigenvalue weighted by molar-refractivity contribution is -0.734. The minimum atomic E-state index is -0.472. The molecule has 9 nitrogen and oxygen atoms in total. The Morgan fingerprint density at radius 3 is 2.29 bits per heavy atom. The first-order chi connectivity index (χ1) is 14.6. The van der Waals surface area contributed by atoms with Gasteiger partial charge in [-0.3, -0.25) is 10.1 Å². The lowest BCUT2D eigenvalue weighted by Crippen LogP contribution is -3.00. The number of nitro benzene ring substituents is 1. The van der Waals surface area contributed by atoms with E-state index in [2.05, 4.69) is 10.2 Å². The van der Waals surface area contributed by atoms with Crippen LogP contribution in [0.4, 0.5) is 5.69 Å². The van der Waals surface area contributed by atoms with Gasteiger partial charge in [0.15, 0.2) is 5.75 Å². The molecule has 31 heavy (non-hydrogen) atoms. The Morgan fingerprint density at radius 2 is 1.68 bits per heavy atom. The summed E-state index contributed by atoms with van der Waals surface area (Å²) in [4.78, 5) is 13.8. The summed E-state index contributed by atoms with van der Waals surface area (Å²) in [5.41, 5.74) is 1.99. The van der Waals surface area contributed by atoms with E-state index in [1.54, 1.807) is 22.8 Å². The molecule has 0 aliphatic carbocycles. The number of hydrogen-bond donors (Lipinski definition) is 0. The zero-order chi connectivity index (χ0) is 21.1. The highest BCUT2D eigenvalue weighted by molar-refractivity contribution is 5.54. The molecule has 0 amide bonds. The first-order valence-electron chi connectivity index (χ1n) is 9.03. The zero-order valence-corrected chi connectivity index (χ0v) is 17.4. The normalized spacial score (nSPS) is 10.3. The van der Waals surface area contributed by atoms with E-state index in [0.29, 0.717) is 23.0 Å². The Kier molecular flexibility index (Phi) is 6.46. The predicted octanol–water partition coefficient (Wildman–Crippen LogP) is 0.140. The van der Waals surface area contributed by atoms with E-state index in [1.165, 1.54) is 19.2 Å². The Bertz CT molecular complexity index is 1200. The molecule has 0 saturated carbocycles. The van der Waals surface area contributed by atoms with Crippen LogP contribution in [-0.4, -0.2) is 34.1 Å². The number of benzene rings is 3. The van der Waals surface area contributed by atoms with Gasteiger partial charge >= 0.3 is 5.82 Å². The van der Waals surface area contributed by atoms with E-state index in [-0.39, 0.29) is 18.1 Å². The minimum Gasteiger partial charge on any atom is -1.00 e. The Hall–Kier alpha value is -3.98. The van der Waals surface area contributed by atoms with E-state index in [9.17, 15) is 10.1 Å². The number of methoxy groups -OCH3 is 2. The maximum absolute atomic E-state index is 11.2. The molecule has 3 aromatic carbocycles. The summed E-state index contributed by atoms with van der Waals surface area (Å²) < 4.78 is 10.6. The highest BCUT2D eigenvalue weighted by Gasteiger charge is 2.27. The Balaban J connectivity index is 0.00000272. The summed E-state index contributed by atoms with van der Waals surface area (Å²) in [6.45, 7) is 0. The maximum Gasteiger partial charge on any atom is 0.340 e. The van der Waals surface area contributed by atoms with Gasteiger partial charge in [-0.1, -0.05) is 18.2 Å². The summed E-state index contributed by atoms with van der Waals surface area (Å²) >= 11 is 0. The summed E-state index contributed by atoms with van der Waals surface area (Å²) in [5, 5.41) is 20.4. The third kappa shape index (κ3) is 4.31. The van der Waals surface area contributed by atoms with Crippen LogP contribution in [0.1, 0.15) is 0 Å². The smallest absolute Gasteiger partial charge is 0.340 e. The lowest BCUT2D eigenvalue weighted by Gasteiger charge is -2.05. The van der Waals surface area contributed by atoms with E-state index in [1.807, 2.05) is 54.6 Å². The van der Waals surface area contributed by atoms with Gasteiger partial charge in [0, 0.05) is 16.9 Å². The van der Waals surface area contributed by atoms with Gasteiger partial charge in [-0.05, 0) is 46.3 Å². The van der Waals surface area contributed by atoms with Crippen molar-refractivity contribution in [2.45, 2.75) is 0 Å². The molecule has 158 valence electrons. The fourth-order valence-electron chi connectivity index (χ4n) is 2.97. The van der Waals surface area contributed by atoms with Crippen molar-refractivity contribution in [3.05, 3.63) is 82.9 Å². The van der Waals surface area contributed by atoms with Crippen molar-refractivity contribution >= 4 is 5.69 Å². The summed E-state index contributed by atoms with van der Waals surface area (Å²) in [5.74, 6) is 1.50. The molecule has 4 aromatic rings. The summed E-state index contributed by atoms with van der Waals surface area (Å²) in [6, 6.07) is 21.2. The molecule has 10 heteroatoms. The van der Waals surface area contributed by atoms with Crippen LogP contribution in [0.3, 0.4) is 0 Å². The summed E-state index contributed by atoms with van der Waals surface area (Å²) in [6.07, 6.45) is 0. The van der Waals surface area contributed by atoms with E-state index in [0.717, 1.165) is 11.3 Å². The van der Waals surface area contributed by atoms with Gasteiger partial charge in [-0.15, -0.1) is 0 Å². The van der Waals surface area contributed by atoms with Crippen LogP contribution in [-0.2, 0) is 0 Å². The second-order valence-corrected chi connectivity index (χ2v) is 6.28. The van der Waals surface area contributed by atoms with Crippen molar-refractivity contribution in [2.24, 2.45) is 0 Å². The van der Waals surface area contributed by atoms with Crippen LogP contribution in [0, 0.1) is 10.1 Å². The van der Waals surface area contributed by atoms with Crippen LogP contribution in [0.5, 0.6) is 11.5 Å². The molecule has 0 saturated heterocycles. The number of halogens is 1. The van der Waals surface area contributed by atoms with E-state index < -0.39 is 4.92 Å². The maximum atomic E-state index is 11.2. The largest absolute Gasteiger partial charge is 1.00 e. The first-order valence-corrected chi connectivity index (χ1v) is 9.03. The van der Waals surface area contributed by atoms with Crippen molar-refractivity contribution in [3.63, 3.8) is 0 Å². The molecule has 0 aliphatic heterocycles. The van der Waals surface area contributed by atoms with Crippen LogP contribution in [0.25, 0.3) is 22.8 Å². The molecule has 0 atom stereocenters. The number of hydrogen-bond acceptors (Lipinski definition) is 6. The highest BCUT2D eigenvalue weighted by Crippen LogP contribution is 2.25. The summed E-state index contributed by atoms with van der Waals surface area (Å²) in [7, 11) is 3.05. The van der Waals surface area contributed by atoms with Crippen LogP contribution in [0.2, 0.25) is 0 Å². The molecule has 0 fully saturated rings. The van der Waals surface area contributed by atoms with E-state index in [4.69, 9.17) is 9.47 Å². The SMILES string of the molecule is COc1ccc(-n2nc(-c3ccccc3)n[n+]2-c2ccc([N+](=O)[O-])cc2OC)cc1.[Cl-]. The number of non-ortho nitro benzene ring substituents is 1. The average Bonchev–Trinajstić information content (AvgIpc) is 3.24. The van der Waals surface area contributed by atoms with Gasteiger partial charge in [0.2, 0.25) is 5.69 Å². The van der Waals surface area contributed by atoms with Crippen LogP contribution in [0.15, 0.2) is 72.8 Å². The topological polar surface area (TPSA) is 96.2 Å². The molecule has 0 radical (unpaired) electrons. The average molecular weight is 440 g/mol. The quantitative estimate of drug-likeness (QED) is 0.241. The van der Waals surface area contributed by atoms with Crippen LogP contribution >= 0.6 is 0 Å². The molecular formula is C21H18ClN5O4. The lowest BCUT2D eigenvalue weighted by atomic mass is 10.2. The van der Waals surface area contributed by atoms with Gasteiger partial charge in [0.25, 0.3) is 5.69 Å². The van der Waals surface area contributed by atoms with Crippen LogP contribution < -0.4 is 26.7 Å². The number of rotatable bonds is 6. The van der Waals surface area contributed by atoms with Crippen molar-refractivity contribution in [2.75, 3.05) is 14.2 Å². The number of ether oxygens (including phenoxy) is 2. The molecule has 0 N–H and O–H groups in total. The van der Waals surface area contributed by atoms with Gasteiger partial charge in [0.05, 0.1) is 35.9 Å². The van der Waals surface area contributed by atoms with Gasteiger partial charge in [-0.2, -0.15) is 0 Å². The molecule has 1 heterocycles. The van der Waals surface area contributed by atoms with Crippen molar-refractivity contribution < 1.29 is 31.6 Å². The minimum absolute atomic E-state index is 0. The highest BCUT2D eigenvalue weighted by atomic mass is 35.5. The second-order valence-electron chi connectivity index (χ2n) is 6.28. The monoisotopic (exact) mass is 439 g/mol. The third-order valence-electron chi connectivity index (χ3n) is 4.48. The number of aromatic nitrogens is 4. The predicted molar refractivity (Wildman–Crippen MR) is 108 cm³/mol. The van der Waals surface area contributed by atoms with Gasteiger partial charge < -0.3 is 21.9 Å². The fourth-order valence-corrected chi connectivity index (χ4v) is 2.97. The molecule has 0 aliphatic rings. The first kappa shape index (κ1) is 21.7. The molecule has 4 rings (SSSR count). The molecule has 0 spiro atoms. The van der Waals surface area contributed by atoms with Crippen molar-refractivity contribution in [1.29, 1.82) is 0 Å². The van der Waals surface area contributed by atoms with Crippen molar-refractivity contribution in [1.82, 2.24) is 15.0 Å². The molecular weight excluding hydrogens is 422 g/mol. The number of tetrazole rings is 1. The Morgan fingerprint density at radius 1 is 0.968 bits per heavy atom. The number of nitrogens with zero attached hydrogens (tertiary/aromatic N) is 5. The third-order valence-corrected chi connectivity index (χ3v) is 4.48. The zero-order valence-electron chi connectivity index (χ0n) is 16.7. The molecule has 0 bridgehead atoms. The Labute approximate surface area is 184 Å². The fraction of sp³-hybridized carbons (Fsp3) is 0.0952. The standard InChI is InChI=1S/C21H18N5O4.ClH/c1-29-18-11-8-16(9-12-18)24-22-21(15-6-4-3-5-7-15)23-25(24)19-13-10-17(26(27)28)14-20(19)30-2;/h3-14H,1-2H3;1H/q+1;/p-1. The molecule has 0 unspecified atom stereocenters. The van der Waals surface area contributed by atoms with E-state index >= 15 is 0 Å². The molecule has 1 aromatic heterocycles.